The number of rotatable bonds is 5. The highest BCUT2D eigenvalue weighted by atomic mass is 14.8. The monoisotopic (exact) mass is 300 g/mol. The Kier molecular flexibility index (Phi) is 4.95. The predicted molar refractivity (Wildman–Crippen MR) is 96.6 cm³/mol. The lowest BCUT2D eigenvalue weighted by Crippen LogP contribution is -1.95. The maximum Gasteiger partial charge on any atom is 0.0812 e. The molecule has 1 heterocycles. The van der Waals surface area contributed by atoms with Gasteiger partial charge in [-0.15, -0.1) is 0 Å². The minimum absolute atomic E-state index is 0.872. The average molecular weight is 300 g/mol. The van der Waals surface area contributed by atoms with Crippen LogP contribution >= 0.6 is 0 Å². The summed E-state index contributed by atoms with van der Waals surface area (Å²) in [6.45, 7) is 2.20. The van der Waals surface area contributed by atoms with Gasteiger partial charge in [-0.1, -0.05) is 55.5 Å². The lowest BCUT2D eigenvalue weighted by Gasteiger charge is -2.09. The molecule has 2 heteroatoms. The fourth-order valence-corrected chi connectivity index (χ4v) is 2.65. The van der Waals surface area contributed by atoms with Crippen molar-refractivity contribution in [2.24, 2.45) is 4.99 Å². The third kappa shape index (κ3) is 3.92. The summed E-state index contributed by atoms with van der Waals surface area (Å²) >= 11 is 0. The molecule has 0 N–H and O–H groups in total. The van der Waals surface area contributed by atoms with Crippen molar-refractivity contribution in [3.05, 3.63) is 95.3 Å². The first-order chi connectivity index (χ1) is 11.4. The fraction of sp³-hybridized carbons (Fsp3) is 0.143. The van der Waals surface area contributed by atoms with Gasteiger partial charge in [0.2, 0.25) is 0 Å². The quantitative estimate of drug-likeness (QED) is 0.610. The molecule has 0 aliphatic heterocycles. The van der Waals surface area contributed by atoms with Crippen LogP contribution in [0.4, 0.5) is 5.69 Å². The number of nitrogens with zero attached hydrogens (tertiary/aromatic N) is 2. The van der Waals surface area contributed by atoms with Crippen LogP contribution in [0.2, 0.25) is 0 Å². The molecule has 0 spiro atoms. The maximum atomic E-state index is 4.64. The largest absolute Gasteiger partial charge is 0.255 e. The third-order valence-electron chi connectivity index (χ3n) is 3.90. The zero-order chi connectivity index (χ0) is 15.9. The molecule has 3 rings (SSSR count). The number of aryl methyl sites for hydroxylation is 1. The van der Waals surface area contributed by atoms with Gasteiger partial charge in [0.25, 0.3) is 0 Å². The Morgan fingerprint density at radius 1 is 0.826 bits per heavy atom. The van der Waals surface area contributed by atoms with Crippen LogP contribution in [0.1, 0.15) is 29.3 Å². The van der Waals surface area contributed by atoms with E-state index in [4.69, 9.17) is 0 Å². The van der Waals surface area contributed by atoms with E-state index in [-0.39, 0.29) is 0 Å². The van der Waals surface area contributed by atoms with Gasteiger partial charge in [-0.05, 0) is 47.7 Å². The summed E-state index contributed by atoms with van der Waals surface area (Å²) in [5.74, 6) is 0. The summed E-state index contributed by atoms with van der Waals surface area (Å²) in [5, 5.41) is 0. The van der Waals surface area contributed by atoms with Crippen molar-refractivity contribution in [1.82, 2.24) is 4.98 Å². The second-order valence-corrected chi connectivity index (χ2v) is 5.44. The second-order valence-electron chi connectivity index (χ2n) is 5.44. The van der Waals surface area contributed by atoms with E-state index in [2.05, 4.69) is 59.4 Å². The summed E-state index contributed by atoms with van der Waals surface area (Å²) in [7, 11) is 0. The smallest absolute Gasteiger partial charge is 0.0812 e. The van der Waals surface area contributed by atoms with Crippen molar-refractivity contribution in [3.8, 4) is 0 Å². The van der Waals surface area contributed by atoms with E-state index < -0.39 is 0 Å². The van der Waals surface area contributed by atoms with Gasteiger partial charge < -0.3 is 0 Å². The van der Waals surface area contributed by atoms with Crippen LogP contribution in [0, 0.1) is 0 Å². The van der Waals surface area contributed by atoms with Crippen LogP contribution in [0.15, 0.2) is 77.9 Å². The van der Waals surface area contributed by atoms with Gasteiger partial charge in [-0.3, -0.25) is 9.98 Å². The first kappa shape index (κ1) is 15.2. The Morgan fingerprint density at radius 2 is 1.52 bits per heavy atom. The Morgan fingerprint density at radius 3 is 2.26 bits per heavy atom. The van der Waals surface area contributed by atoms with Gasteiger partial charge in [-0.25, -0.2) is 0 Å². The molecule has 3 aromatic rings. The molecular weight excluding hydrogens is 280 g/mol. The van der Waals surface area contributed by atoms with Crippen molar-refractivity contribution < 1.29 is 0 Å². The highest BCUT2D eigenvalue weighted by Gasteiger charge is 2.05. The van der Waals surface area contributed by atoms with Crippen LogP contribution in [0.25, 0.3) is 0 Å². The van der Waals surface area contributed by atoms with E-state index in [0.29, 0.717) is 0 Å². The molecular formula is C21H20N2. The molecule has 0 amide bonds. The lowest BCUT2D eigenvalue weighted by atomic mass is 9.97. The van der Waals surface area contributed by atoms with Crippen LogP contribution in [0.3, 0.4) is 0 Å². The van der Waals surface area contributed by atoms with Gasteiger partial charge >= 0.3 is 0 Å². The minimum Gasteiger partial charge on any atom is -0.255 e. The van der Waals surface area contributed by atoms with Gasteiger partial charge in [0.15, 0.2) is 0 Å². The van der Waals surface area contributed by atoms with E-state index >= 15 is 0 Å². The SMILES string of the molecule is CCc1ccccc1Cc1ccccc1N=Cc1ccccn1. The Hall–Kier alpha value is -2.74. The highest BCUT2D eigenvalue weighted by Crippen LogP contribution is 2.23. The van der Waals surface area contributed by atoms with E-state index in [1.54, 1.807) is 6.20 Å². The molecule has 0 aliphatic carbocycles. The van der Waals surface area contributed by atoms with Crippen LogP contribution in [0.5, 0.6) is 0 Å². The number of aromatic nitrogens is 1. The number of hydrogen-bond acceptors (Lipinski definition) is 2. The highest BCUT2D eigenvalue weighted by molar-refractivity contribution is 5.79. The van der Waals surface area contributed by atoms with E-state index in [1.807, 2.05) is 30.5 Å². The normalized spacial score (nSPS) is 11.0. The van der Waals surface area contributed by atoms with Gasteiger partial charge in [0.1, 0.15) is 0 Å². The zero-order valence-electron chi connectivity index (χ0n) is 13.3. The maximum absolute atomic E-state index is 4.64. The molecule has 0 atom stereocenters. The van der Waals surface area contributed by atoms with Crippen molar-refractivity contribution >= 4 is 11.9 Å². The number of hydrogen-bond donors (Lipinski definition) is 0. The topological polar surface area (TPSA) is 25.2 Å². The number of pyridine rings is 1. The van der Waals surface area contributed by atoms with Gasteiger partial charge in [0, 0.05) is 6.20 Å². The van der Waals surface area contributed by atoms with E-state index in [1.165, 1.54) is 16.7 Å². The molecule has 0 bridgehead atoms. The fourth-order valence-electron chi connectivity index (χ4n) is 2.65. The Labute approximate surface area is 137 Å². The molecule has 114 valence electrons. The van der Waals surface area contributed by atoms with Crippen LogP contribution in [-0.4, -0.2) is 11.2 Å². The lowest BCUT2D eigenvalue weighted by molar-refractivity contribution is 1.06. The molecule has 0 aliphatic rings. The van der Waals surface area contributed by atoms with Gasteiger partial charge in [-0.2, -0.15) is 0 Å². The van der Waals surface area contributed by atoms with Crippen molar-refractivity contribution in [2.75, 3.05) is 0 Å². The second kappa shape index (κ2) is 7.50. The zero-order valence-corrected chi connectivity index (χ0v) is 13.3. The molecule has 0 fully saturated rings. The van der Waals surface area contributed by atoms with Crippen LogP contribution < -0.4 is 0 Å². The number of aliphatic imine (C=N–C) groups is 1. The van der Waals surface area contributed by atoms with Crippen molar-refractivity contribution in [1.29, 1.82) is 0 Å². The molecule has 23 heavy (non-hydrogen) atoms. The molecule has 2 aromatic carbocycles. The average Bonchev–Trinajstić information content (AvgIpc) is 2.62. The minimum atomic E-state index is 0.872. The summed E-state index contributed by atoms with van der Waals surface area (Å²) in [6.07, 6.45) is 5.56. The summed E-state index contributed by atoms with van der Waals surface area (Å²) in [4.78, 5) is 8.93. The third-order valence-corrected chi connectivity index (χ3v) is 3.90. The van der Waals surface area contributed by atoms with E-state index in [9.17, 15) is 0 Å². The summed E-state index contributed by atoms with van der Waals surface area (Å²) < 4.78 is 0. The molecule has 0 unspecified atom stereocenters. The van der Waals surface area contributed by atoms with Crippen molar-refractivity contribution in [2.45, 2.75) is 19.8 Å². The molecule has 0 saturated heterocycles. The predicted octanol–water partition coefficient (Wildman–Crippen LogP) is 4.99. The Bertz CT molecular complexity index is 792. The van der Waals surface area contributed by atoms with Gasteiger partial charge in [0.05, 0.1) is 17.6 Å². The van der Waals surface area contributed by atoms with Crippen molar-refractivity contribution in [3.63, 3.8) is 0 Å². The summed E-state index contributed by atoms with van der Waals surface area (Å²) in [6, 6.07) is 22.8. The number of benzene rings is 2. The molecule has 2 nitrogen and oxygen atoms in total. The molecule has 0 radical (unpaired) electrons. The first-order valence-electron chi connectivity index (χ1n) is 7.96. The number of para-hydroxylation sites is 1. The Balaban J connectivity index is 1.88. The van der Waals surface area contributed by atoms with Crippen LogP contribution in [-0.2, 0) is 12.8 Å². The first-order valence-corrected chi connectivity index (χ1v) is 7.96. The van der Waals surface area contributed by atoms with E-state index in [0.717, 1.165) is 24.2 Å². The molecule has 0 saturated carbocycles. The standard InChI is InChI=1S/C21H20N2/c1-2-17-9-3-4-10-18(17)15-19-11-5-6-13-21(19)23-16-20-12-7-8-14-22-20/h3-14,16H,2,15H2,1H3. The molecule has 1 aromatic heterocycles. The summed E-state index contributed by atoms with van der Waals surface area (Å²) in [5.41, 5.74) is 5.88.